The Hall–Kier alpha value is -2.88. The van der Waals surface area contributed by atoms with Gasteiger partial charge in [-0.25, -0.2) is 9.78 Å². The molecule has 0 amide bonds. The molecule has 122 valence electrons. The van der Waals surface area contributed by atoms with Gasteiger partial charge in [-0.1, -0.05) is 32.9 Å². The molecule has 1 aromatic heterocycles. The van der Waals surface area contributed by atoms with E-state index in [1.54, 1.807) is 24.7 Å². The second-order valence-corrected chi connectivity index (χ2v) is 6.68. The van der Waals surface area contributed by atoms with Gasteiger partial charge in [0.2, 0.25) is 0 Å². The van der Waals surface area contributed by atoms with Gasteiger partial charge in [-0.2, -0.15) is 0 Å². The van der Waals surface area contributed by atoms with E-state index in [0.29, 0.717) is 11.3 Å². The lowest BCUT2D eigenvalue weighted by Crippen LogP contribution is -2.12. The molecular formula is C20H20N2O2. The van der Waals surface area contributed by atoms with Crippen LogP contribution in [0.5, 0.6) is 5.75 Å². The summed E-state index contributed by atoms with van der Waals surface area (Å²) in [5, 5.41) is 0. The number of rotatable bonds is 3. The van der Waals surface area contributed by atoms with Gasteiger partial charge in [-0.05, 0) is 47.4 Å². The molecule has 0 fully saturated rings. The fourth-order valence-electron chi connectivity index (χ4n) is 2.37. The quantitative estimate of drug-likeness (QED) is 0.531. The Morgan fingerprint density at radius 1 is 1.00 bits per heavy atom. The van der Waals surface area contributed by atoms with Gasteiger partial charge in [0.25, 0.3) is 0 Å². The lowest BCUT2D eigenvalue weighted by atomic mass is 9.87. The van der Waals surface area contributed by atoms with Gasteiger partial charge >= 0.3 is 5.97 Å². The van der Waals surface area contributed by atoms with Crippen molar-refractivity contribution >= 4 is 5.97 Å². The zero-order valence-electron chi connectivity index (χ0n) is 14.1. The number of imidazole rings is 1. The lowest BCUT2D eigenvalue weighted by Gasteiger charge is -2.18. The van der Waals surface area contributed by atoms with Crippen molar-refractivity contribution in [1.29, 1.82) is 0 Å². The zero-order valence-corrected chi connectivity index (χ0v) is 14.1. The predicted molar refractivity (Wildman–Crippen MR) is 93.7 cm³/mol. The van der Waals surface area contributed by atoms with E-state index >= 15 is 0 Å². The largest absolute Gasteiger partial charge is 0.423 e. The van der Waals surface area contributed by atoms with Gasteiger partial charge < -0.3 is 9.30 Å². The van der Waals surface area contributed by atoms with Crippen LogP contribution < -0.4 is 4.74 Å². The number of esters is 1. The van der Waals surface area contributed by atoms with Crippen LogP contribution in [0.4, 0.5) is 0 Å². The van der Waals surface area contributed by atoms with Gasteiger partial charge in [0.1, 0.15) is 5.75 Å². The number of nitrogens with zero attached hydrogens (tertiary/aromatic N) is 2. The predicted octanol–water partition coefficient (Wildman–Crippen LogP) is 4.39. The van der Waals surface area contributed by atoms with E-state index in [1.807, 2.05) is 47.2 Å². The minimum absolute atomic E-state index is 0.0611. The average molecular weight is 320 g/mol. The van der Waals surface area contributed by atoms with Crippen molar-refractivity contribution < 1.29 is 9.53 Å². The number of hydrogen-bond donors (Lipinski definition) is 0. The van der Waals surface area contributed by atoms with Crippen LogP contribution in [0.25, 0.3) is 5.69 Å². The molecule has 24 heavy (non-hydrogen) atoms. The Kier molecular flexibility index (Phi) is 4.21. The van der Waals surface area contributed by atoms with E-state index in [1.165, 1.54) is 5.56 Å². The third-order valence-electron chi connectivity index (χ3n) is 3.84. The van der Waals surface area contributed by atoms with Crippen LogP contribution in [0.1, 0.15) is 36.7 Å². The van der Waals surface area contributed by atoms with Crippen LogP contribution in [-0.2, 0) is 5.41 Å². The topological polar surface area (TPSA) is 44.1 Å². The molecule has 0 spiro atoms. The van der Waals surface area contributed by atoms with Crippen LogP contribution in [0.2, 0.25) is 0 Å². The molecular weight excluding hydrogens is 300 g/mol. The highest BCUT2D eigenvalue weighted by atomic mass is 16.5. The molecule has 4 nitrogen and oxygen atoms in total. The first-order valence-corrected chi connectivity index (χ1v) is 7.84. The third kappa shape index (κ3) is 3.54. The smallest absolute Gasteiger partial charge is 0.343 e. The van der Waals surface area contributed by atoms with Gasteiger partial charge in [-0.3, -0.25) is 0 Å². The van der Waals surface area contributed by atoms with E-state index in [2.05, 4.69) is 25.8 Å². The molecule has 4 heteroatoms. The highest BCUT2D eigenvalue weighted by molar-refractivity contribution is 5.91. The standard InChI is InChI=1S/C20H20N2O2/c1-20(2,3)16-6-4-15(5-7-16)19(23)24-18-10-8-17(9-11-18)22-13-12-21-14-22/h4-14H,1-3H3. The second-order valence-electron chi connectivity index (χ2n) is 6.68. The fourth-order valence-corrected chi connectivity index (χ4v) is 2.37. The van der Waals surface area contributed by atoms with Crippen molar-refractivity contribution in [2.75, 3.05) is 0 Å². The minimum atomic E-state index is -0.356. The molecule has 0 unspecified atom stereocenters. The highest BCUT2D eigenvalue weighted by Crippen LogP contribution is 2.23. The lowest BCUT2D eigenvalue weighted by molar-refractivity contribution is 0.0734. The Morgan fingerprint density at radius 2 is 1.67 bits per heavy atom. The van der Waals surface area contributed by atoms with E-state index in [4.69, 9.17) is 4.74 Å². The van der Waals surface area contributed by atoms with Crippen LogP contribution in [-0.4, -0.2) is 15.5 Å². The van der Waals surface area contributed by atoms with E-state index in [9.17, 15) is 4.79 Å². The second kappa shape index (κ2) is 6.32. The summed E-state index contributed by atoms with van der Waals surface area (Å²) in [7, 11) is 0. The van der Waals surface area contributed by atoms with Crippen LogP contribution >= 0.6 is 0 Å². The van der Waals surface area contributed by atoms with Gasteiger partial charge in [0, 0.05) is 18.1 Å². The van der Waals surface area contributed by atoms with Crippen molar-refractivity contribution in [1.82, 2.24) is 9.55 Å². The zero-order chi connectivity index (χ0) is 17.2. The van der Waals surface area contributed by atoms with Gasteiger partial charge in [0.05, 0.1) is 11.9 Å². The SMILES string of the molecule is CC(C)(C)c1ccc(C(=O)Oc2ccc(-n3ccnc3)cc2)cc1. The van der Waals surface area contributed by atoms with Crippen molar-refractivity contribution in [2.24, 2.45) is 0 Å². The Balaban J connectivity index is 1.70. The molecule has 0 N–H and O–H groups in total. The van der Waals surface area contributed by atoms with Crippen molar-refractivity contribution in [3.63, 3.8) is 0 Å². The number of carbonyl (C=O) groups is 1. The summed E-state index contributed by atoms with van der Waals surface area (Å²) >= 11 is 0. The van der Waals surface area contributed by atoms with Crippen molar-refractivity contribution in [3.05, 3.63) is 78.4 Å². The van der Waals surface area contributed by atoms with E-state index in [-0.39, 0.29) is 11.4 Å². The summed E-state index contributed by atoms with van der Waals surface area (Å²) in [6.45, 7) is 6.42. The Bertz CT molecular complexity index is 812. The van der Waals surface area contributed by atoms with Gasteiger partial charge in [0.15, 0.2) is 0 Å². The maximum atomic E-state index is 12.3. The Morgan fingerprint density at radius 3 is 2.21 bits per heavy atom. The van der Waals surface area contributed by atoms with E-state index in [0.717, 1.165) is 5.69 Å². The number of aromatic nitrogens is 2. The molecule has 0 saturated carbocycles. The van der Waals surface area contributed by atoms with Crippen molar-refractivity contribution in [3.8, 4) is 11.4 Å². The molecule has 0 bridgehead atoms. The van der Waals surface area contributed by atoms with Crippen molar-refractivity contribution in [2.45, 2.75) is 26.2 Å². The van der Waals surface area contributed by atoms with Crippen LogP contribution in [0.3, 0.4) is 0 Å². The maximum Gasteiger partial charge on any atom is 0.343 e. The first-order chi connectivity index (χ1) is 11.4. The molecule has 0 saturated heterocycles. The van der Waals surface area contributed by atoms with Crippen LogP contribution in [0.15, 0.2) is 67.3 Å². The molecule has 3 rings (SSSR count). The number of ether oxygens (including phenoxy) is 1. The number of benzene rings is 2. The summed E-state index contributed by atoms with van der Waals surface area (Å²) in [4.78, 5) is 16.3. The molecule has 0 aliphatic rings. The first-order valence-electron chi connectivity index (χ1n) is 7.84. The Labute approximate surface area is 141 Å². The fraction of sp³-hybridized carbons (Fsp3) is 0.200. The number of hydrogen-bond acceptors (Lipinski definition) is 3. The molecule has 3 aromatic rings. The summed E-state index contributed by atoms with van der Waals surface area (Å²) in [5.74, 6) is 0.162. The molecule has 0 aliphatic carbocycles. The minimum Gasteiger partial charge on any atom is -0.423 e. The van der Waals surface area contributed by atoms with E-state index < -0.39 is 0 Å². The maximum absolute atomic E-state index is 12.3. The third-order valence-corrected chi connectivity index (χ3v) is 3.84. The highest BCUT2D eigenvalue weighted by Gasteiger charge is 2.15. The number of carbonyl (C=O) groups excluding carboxylic acids is 1. The summed E-state index contributed by atoms with van der Waals surface area (Å²) in [6, 6.07) is 14.9. The van der Waals surface area contributed by atoms with Crippen LogP contribution in [0, 0.1) is 0 Å². The molecule has 1 heterocycles. The molecule has 0 atom stereocenters. The van der Waals surface area contributed by atoms with Gasteiger partial charge in [-0.15, -0.1) is 0 Å². The average Bonchev–Trinajstić information content (AvgIpc) is 3.09. The molecule has 0 radical (unpaired) electrons. The first kappa shape index (κ1) is 16.0. The summed E-state index contributed by atoms with van der Waals surface area (Å²) in [5.41, 5.74) is 2.75. The molecule has 0 aliphatic heterocycles. The monoisotopic (exact) mass is 320 g/mol. The summed E-state index contributed by atoms with van der Waals surface area (Å²) in [6.07, 6.45) is 5.30. The summed E-state index contributed by atoms with van der Waals surface area (Å²) < 4.78 is 7.32. The normalized spacial score (nSPS) is 11.3. The molecule has 2 aromatic carbocycles.